The Hall–Kier alpha value is -0.420. The molecule has 1 rings (SSSR count). The largest absolute Gasteiger partial charge is 0.388 e. The quantitative estimate of drug-likeness (QED) is 0.604. The Morgan fingerprint density at radius 1 is 1.56 bits per heavy atom. The van der Waals surface area contributed by atoms with Gasteiger partial charge in [-0.3, -0.25) is 0 Å². The average molecular weight is 161 g/mol. The van der Waals surface area contributed by atoms with E-state index in [1.807, 2.05) is 6.26 Å². The molecule has 0 atom stereocenters. The van der Waals surface area contributed by atoms with Gasteiger partial charge in [-0.25, -0.2) is 0 Å². The fourth-order valence-electron chi connectivity index (χ4n) is 0.513. The van der Waals surface area contributed by atoms with Gasteiger partial charge in [-0.2, -0.15) is 4.37 Å². The van der Waals surface area contributed by atoms with Crippen molar-refractivity contribution in [2.45, 2.75) is 4.90 Å². The first kappa shape index (κ1) is 6.70. The predicted molar refractivity (Wildman–Crippen MR) is 42.7 cm³/mol. The molecular weight excluding hydrogens is 154 g/mol. The second-order valence-corrected chi connectivity index (χ2v) is 3.09. The minimum absolute atomic E-state index is 0.546. The smallest absolute Gasteiger partial charge is 0.153 e. The van der Waals surface area contributed by atoms with Crippen LogP contribution in [0.5, 0.6) is 0 Å². The van der Waals surface area contributed by atoms with Crippen LogP contribution < -0.4 is 11.5 Å². The summed E-state index contributed by atoms with van der Waals surface area (Å²) in [7, 11) is 0. The lowest BCUT2D eigenvalue weighted by molar-refractivity contribution is 1.45. The molecule has 1 aromatic rings. The van der Waals surface area contributed by atoms with E-state index in [-0.39, 0.29) is 0 Å². The van der Waals surface area contributed by atoms with Gasteiger partial charge in [0.25, 0.3) is 0 Å². The van der Waals surface area contributed by atoms with Crippen molar-refractivity contribution < 1.29 is 0 Å². The first-order chi connectivity index (χ1) is 4.25. The molecule has 0 unspecified atom stereocenters. The van der Waals surface area contributed by atoms with Crippen LogP contribution in [-0.2, 0) is 0 Å². The number of nitrogens with zero attached hydrogens (tertiary/aromatic N) is 1. The standard InChI is InChI=1S/C4H7N3S2/c1-8-2-3(5)7-9-4(2)6/h6H2,1H3,(H2,5,7). The molecule has 0 spiro atoms. The molecule has 0 radical (unpaired) electrons. The Labute approximate surface area is 61.6 Å². The molecule has 3 nitrogen and oxygen atoms in total. The van der Waals surface area contributed by atoms with E-state index in [1.165, 1.54) is 23.3 Å². The normalized spacial score (nSPS) is 9.89. The molecule has 9 heavy (non-hydrogen) atoms. The van der Waals surface area contributed by atoms with Gasteiger partial charge in [0.05, 0.1) is 4.90 Å². The third kappa shape index (κ3) is 1.11. The van der Waals surface area contributed by atoms with Crippen LogP contribution in [0.3, 0.4) is 0 Å². The van der Waals surface area contributed by atoms with Crippen molar-refractivity contribution in [2.75, 3.05) is 17.7 Å². The Morgan fingerprint density at radius 2 is 2.22 bits per heavy atom. The topological polar surface area (TPSA) is 64.9 Å². The molecule has 50 valence electrons. The number of anilines is 2. The van der Waals surface area contributed by atoms with Crippen LogP contribution in [0.1, 0.15) is 0 Å². The number of aromatic nitrogens is 1. The predicted octanol–water partition coefficient (Wildman–Crippen LogP) is 1.03. The zero-order valence-corrected chi connectivity index (χ0v) is 6.55. The van der Waals surface area contributed by atoms with Gasteiger partial charge in [0.2, 0.25) is 0 Å². The summed E-state index contributed by atoms with van der Waals surface area (Å²) in [6.45, 7) is 0. The van der Waals surface area contributed by atoms with Crippen LogP contribution in [0.4, 0.5) is 10.8 Å². The number of rotatable bonds is 1. The summed E-state index contributed by atoms with van der Waals surface area (Å²) in [6.07, 6.45) is 1.93. The summed E-state index contributed by atoms with van der Waals surface area (Å²) < 4.78 is 3.86. The Bertz CT molecular complexity index is 188. The highest BCUT2D eigenvalue weighted by atomic mass is 32.2. The number of nitrogens with two attached hydrogens (primary N) is 2. The average Bonchev–Trinajstić information content (AvgIpc) is 2.12. The van der Waals surface area contributed by atoms with Gasteiger partial charge in [-0.1, -0.05) is 0 Å². The van der Waals surface area contributed by atoms with Gasteiger partial charge in [-0.15, -0.1) is 11.8 Å². The lowest BCUT2D eigenvalue weighted by Crippen LogP contribution is -1.87. The van der Waals surface area contributed by atoms with E-state index >= 15 is 0 Å². The molecular formula is C4H7N3S2. The van der Waals surface area contributed by atoms with E-state index < -0.39 is 0 Å². The van der Waals surface area contributed by atoms with Crippen LogP contribution in [0.15, 0.2) is 4.90 Å². The molecule has 0 amide bonds. The summed E-state index contributed by atoms with van der Waals surface area (Å²) in [4.78, 5) is 0.903. The lowest BCUT2D eigenvalue weighted by Gasteiger charge is -1.90. The Morgan fingerprint density at radius 3 is 2.44 bits per heavy atom. The van der Waals surface area contributed by atoms with Crippen molar-refractivity contribution in [1.82, 2.24) is 4.37 Å². The van der Waals surface area contributed by atoms with E-state index in [0.717, 1.165) is 4.90 Å². The van der Waals surface area contributed by atoms with Gasteiger partial charge in [-0.05, 0) is 17.8 Å². The lowest BCUT2D eigenvalue weighted by atomic mass is 10.6. The zero-order chi connectivity index (χ0) is 6.85. The van der Waals surface area contributed by atoms with Crippen molar-refractivity contribution in [3.63, 3.8) is 0 Å². The monoisotopic (exact) mass is 161 g/mol. The van der Waals surface area contributed by atoms with Crippen molar-refractivity contribution in [2.24, 2.45) is 0 Å². The van der Waals surface area contributed by atoms with E-state index in [1.54, 1.807) is 0 Å². The van der Waals surface area contributed by atoms with Crippen molar-refractivity contribution in [1.29, 1.82) is 0 Å². The minimum atomic E-state index is 0.546. The number of nitrogen functional groups attached to an aromatic ring is 2. The number of hydrogen-bond acceptors (Lipinski definition) is 5. The third-order valence-electron chi connectivity index (χ3n) is 0.903. The van der Waals surface area contributed by atoms with Crippen molar-refractivity contribution in [3.05, 3.63) is 0 Å². The van der Waals surface area contributed by atoms with Crippen LogP contribution in [0.25, 0.3) is 0 Å². The first-order valence-corrected chi connectivity index (χ1v) is 4.30. The van der Waals surface area contributed by atoms with Crippen molar-refractivity contribution >= 4 is 34.1 Å². The van der Waals surface area contributed by atoms with E-state index in [2.05, 4.69) is 4.37 Å². The molecule has 0 saturated heterocycles. The summed E-state index contributed by atoms with van der Waals surface area (Å²) in [5.74, 6) is 0.546. The van der Waals surface area contributed by atoms with Crippen LogP contribution in [0.2, 0.25) is 0 Å². The molecule has 0 bridgehead atoms. The maximum Gasteiger partial charge on any atom is 0.153 e. The molecule has 0 aliphatic rings. The third-order valence-corrected chi connectivity index (χ3v) is 2.56. The van der Waals surface area contributed by atoms with E-state index in [0.29, 0.717) is 10.8 Å². The fourth-order valence-corrected chi connectivity index (χ4v) is 1.86. The molecule has 0 aliphatic carbocycles. The van der Waals surface area contributed by atoms with Crippen LogP contribution >= 0.6 is 23.3 Å². The Balaban J connectivity index is 3.07. The SMILES string of the molecule is CSc1c(N)nsc1N. The molecule has 0 aliphatic heterocycles. The number of thioether (sulfide) groups is 1. The summed E-state index contributed by atoms with van der Waals surface area (Å²) in [5.41, 5.74) is 11.0. The summed E-state index contributed by atoms with van der Waals surface area (Å²) >= 11 is 2.76. The zero-order valence-electron chi connectivity index (χ0n) is 4.92. The van der Waals surface area contributed by atoms with Gasteiger partial charge >= 0.3 is 0 Å². The minimum Gasteiger partial charge on any atom is -0.388 e. The van der Waals surface area contributed by atoms with Gasteiger partial charge in [0.1, 0.15) is 5.00 Å². The molecule has 0 saturated carbocycles. The molecule has 5 heteroatoms. The molecule has 4 N–H and O–H groups in total. The number of hydrogen-bond donors (Lipinski definition) is 2. The maximum atomic E-state index is 5.51. The molecule has 1 aromatic heterocycles. The second-order valence-electron chi connectivity index (χ2n) is 1.47. The highest BCUT2D eigenvalue weighted by Crippen LogP contribution is 2.31. The highest BCUT2D eigenvalue weighted by molar-refractivity contribution is 7.99. The van der Waals surface area contributed by atoms with Gasteiger partial charge in [0, 0.05) is 0 Å². The van der Waals surface area contributed by atoms with E-state index in [4.69, 9.17) is 11.5 Å². The maximum absolute atomic E-state index is 5.51. The highest BCUT2D eigenvalue weighted by Gasteiger charge is 2.04. The van der Waals surface area contributed by atoms with Gasteiger partial charge in [0.15, 0.2) is 5.82 Å². The summed E-state index contributed by atoms with van der Waals surface area (Å²) in [5, 5.41) is 0.708. The van der Waals surface area contributed by atoms with Crippen LogP contribution in [-0.4, -0.2) is 10.6 Å². The van der Waals surface area contributed by atoms with Crippen molar-refractivity contribution in [3.8, 4) is 0 Å². The molecule has 1 heterocycles. The summed E-state index contributed by atoms with van der Waals surface area (Å²) in [6, 6.07) is 0. The molecule has 0 fully saturated rings. The Kier molecular flexibility index (Phi) is 1.82. The van der Waals surface area contributed by atoms with Crippen LogP contribution in [0, 0.1) is 0 Å². The molecule has 0 aromatic carbocycles. The van der Waals surface area contributed by atoms with E-state index in [9.17, 15) is 0 Å². The fraction of sp³-hybridized carbons (Fsp3) is 0.250. The second kappa shape index (κ2) is 2.45. The van der Waals surface area contributed by atoms with Gasteiger partial charge < -0.3 is 11.5 Å². The first-order valence-electron chi connectivity index (χ1n) is 2.30.